The van der Waals surface area contributed by atoms with Crippen molar-refractivity contribution >= 4 is 41.2 Å². The molecular formula is C27H24Cl2N2O5. The highest BCUT2D eigenvalue weighted by Crippen LogP contribution is 2.44. The van der Waals surface area contributed by atoms with Crippen molar-refractivity contribution in [2.45, 2.75) is 31.3 Å². The number of primary amides is 1. The summed E-state index contributed by atoms with van der Waals surface area (Å²) in [6, 6.07) is 19.5. The van der Waals surface area contributed by atoms with Crippen LogP contribution in [0.4, 0.5) is 4.79 Å². The zero-order valence-corrected chi connectivity index (χ0v) is 20.7. The summed E-state index contributed by atoms with van der Waals surface area (Å²) in [5, 5.41) is 9.75. The van der Waals surface area contributed by atoms with E-state index in [2.05, 4.69) is 0 Å². The lowest BCUT2D eigenvalue weighted by Gasteiger charge is -2.29. The molecule has 4 rings (SSSR count). The van der Waals surface area contributed by atoms with Gasteiger partial charge >= 0.3 is 12.1 Å². The van der Waals surface area contributed by atoms with E-state index in [-0.39, 0.29) is 36.9 Å². The Morgan fingerprint density at radius 1 is 0.944 bits per heavy atom. The Balaban J connectivity index is 1.59. The molecule has 0 aliphatic heterocycles. The fourth-order valence-electron chi connectivity index (χ4n) is 4.53. The number of amides is 2. The number of hydrogen-bond donors (Lipinski definition) is 2. The average Bonchev–Trinajstić information content (AvgIpc) is 3.17. The quantitative estimate of drug-likeness (QED) is 0.384. The van der Waals surface area contributed by atoms with E-state index in [1.807, 2.05) is 48.5 Å². The maximum Gasteiger partial charge on any atom is 0.410 e. The van der Waals surface area contributed by atoms with Crippen LogP contribution in [0.1, 0.15) is 35.4 Å². The number of nitrogens with two attached hydrogens (primary N) is 1. The molecule has 0 aromatic heterocycles. The van der Waals surface area contributed by atoms with Gasteiger partial charge in [0.15, 0.2) is 0 Å². The van der Waals surface area contributed by atoms with E-state index in [4.69, 9.17) is 38.8 Å². The molecule has 0 fully saturated rings. The van der Waals surface area contributed by atoms with Crippen molar-refractivity contribution in [1.29, 1.82) is 0 Å². The minimum Gasteiger partial charge on any atom is -0.481 e. The van der Waals surface area contributed by atoms with E-state index < -0.39 is 24.0 Å². The Kier molecular flexibility index (Phi) is 7.82. The molecule has 1 aliphatic carbocycles. The van der Waals surface area contributed by atoms with Gasteiger partial charge in [0.05, 0.1) is 10.0 Å². The summed E-state index contributed by atoms with van der Waals surface area (Å²) in [7, 11) is 0. The second kappa shape index (κ2) is 11.0. The maximum absolute atomic E-state index is 13.4. The summed E-state index contributed by atoms with van der Waals surface area (Å²) in [6.07, 6.45) is -1.28. The lowest BCUT2D eigenvalue weighted by Crippen LogP contribution is -2.48. The topological polar surface area (TPSA) is 110 Å². The predicted octanol–water partition coefficient (Wildman–Crippen LogP) is 5.46. The van der Waals surface area contributed by atoms with Gasteiger partial charge in [-0.3, -0.25) is 14.5 Å². The zero-order valence-electron chi connectivity index (χ0n) is 19.2. The number of carboxylic acids is 1. The molecule has 0 bridgehead atoms. The van der Waals surface area contributed by atoms with Gasteiger partial charge in [0.25, 0.3) is 0 Å². The molecule has 0 heterocycles. The van der Waals surface area contributed by atoms with Crippen molar-refractivity contribution in [3.63, 3.8) is 0 Å². The van der Waals surface area contributed by atoms with Gasteiger partial charge in [0.2, 0.25) is 5.91 Å². The van der Waals surface area contributed by atoms with Gasteiger partial charge in [0, 0.05) is 18.9 Å². The summed E-state index contributed by atoms with van der Waals surface area (Å²) >= 11 is 12.1. The van der Waals surface area contributed by atoms with Crippen molar-refractivity contribution in [2.24, 2.45) is 5.73 Å². The highest BCUT2D eigenvalue weighted by atomic mass is 35.5. The van der Waals surface area contributed by atoms with Gasteiger partial charge in [-0.15, -0.1) is 0 Å². The van der Waals surface area contributed by atoms with Gasteiger partial charge in [-0.1, -0.05) is 77.8 Å². The first-order valence-electron chi connectivity index (χ1n) is 11.3. The third-order valence-electron chi connectivity index (χ3n) is 6.24. The fraction of sp³-hybridized carbons (Fsp3) is 0.222. The van der Waals surface area contributed by atoms with Crippen LogP contribution in [0.3, 0.4) is 0 Å². The van der Waals surface area contributed by atoms with Crippen molar-refractivity contribution in [2.75, 3.05) is 6.61 Å². The van der Waals surface area contributed by atoms with Crippen LogP contribution in [0.2, 0.25) is 10.0 Å². The smallest absolute Gasteiger partial charge is 0.410 e. The van der Waals surface area contributed by atoms with Crippen molar-refractivity contribution in [3.8, 4) is 11.1 Å². The number of nitrogens with zero attached hydrogens (tertiary/aromatic N) is 1. The molecule has 3 N–H and O–H groups in total. The predicted molar refractivity (Wildman–Crippen MR) is 137 cm³/mol. The van der Waals surface area contributed by atoms with E-state index in [0.29, 0.717) is 10.6 Å². The summed E-state index contributed by atoms with van der Waals surface area (Å²) in [6.45, 7) is -0.0318. The second-order valence-electron chi connectivity index (χ2n) is 8.53. The standard InChI is InChI=1S/C27H24Cl2N2O5/c28-22-10-9-16(13-23(22)29)14-31(24(26(30)34)11-12-25(32)33)27(35)36-15-21-19-7-3-1-5-17(19)18-6-2-4-8-20(18)21/h1-10,13,21,24H,11-12,14-15H2,(H2,30,34)(H,32,33)/t24-/m0/s1. The van der Waals surface area contributed by atoms with E-state index in [1.54, 1.807) is 18.2 Å². The molecule has 0 saturated carbocycles. The number of halogens is 2. The van der Waals surface area contributed by atoms with E-state index >= 15 is 0 Å². The first kappa shape index (κ1) is 25.5. The van der Waals surface area contributed by atoms with Crippen LogP contribution >= 0.6 is 23.2 Å². The molecule has 0 spiro atoms. The van der Waals surface area contributed by atoms with Gasteiger partial charge in [-0.25, -0.2) is 4.79 Å². The van der Waals surface area contributed by atoms with Crippen molar-refractivity contribution < 1.29 is 24.2 Å². The number of aliphatic carboxylic acids is 1. The first-order valence-corrected chi connectivity index (χ1v) is 12.1. The van der Waals surface area contributed by atoms with Gasteiger partial charge < -0.3 is 15.6 Å². The summed E-state index contributed by atoms with van der Waals surface area (Å²) < 4.78 is 5.74. The third-order valence-corrected chi connectivity index (χ3v) is 6.98. The zero-order chi connectivity index (χ0) is 25.8. The molecule has 3 aromatic carbocycles. The Hall–Kier alpha value is -3.55. The van der Waals surface area contributed by atoms with Crippen LogP contribution < -0.4 is 5.73 Å². The molecule has 3 aromatic rings. The maximum atomic E-state index is 13.4. The lowest BCUT2D eigenvalue weighted by atomic mass is 9.98. The molecular weight excluding hydrogens is 503 g/mol. The SMILES string of the molecule is NC(=O)[C@H](CCC(=O)O)N(Cc1ccc(Cl)c(Cl)c1)C(=O)OCC1c2ccccc2-c2ccccc21. The van der Waals surface area contributed by atoms with Gasteiger partial charge in [0.1, 0.15) is 12.6 Å². The number of carboxylic acid groups (broad SMARTS) is 1. The highest BCUT2D eigenvalue weighted by Gasteiger charge is 2.33. The minimum absolute atomic E-state index is 0.0369. The van der Waals surface area contributed by atoms with Gasteiger partial charge in [-0.05, 0) is 46.4 Å². The fourth-order valence-corrected chi connectivity index (χ4v) is 4.85. The van der Waals surface area contributed by atoms with Crippen LogP contribution in [-0.4, -0.2) is 40.6 Å². The molecule has 186 valence electrons. The van der Waals surface area contributed by atoms with Crippen LogP contribution in [0.15, 0.2) is 66.7 Å². The van der Waals surface area contributed by atoms with Gasteiger partial charge in [-0.2, -0.15) is 0 Å². The van der Waals surface area contributed by atoms with E-state index in [9.17, 15) is 14.4 Å². The van der Waals surface area contributed by atoms with Crippen LogP contribution in [0.25, 0.3) is 11.1 Å². The number of ether oxygens (including phenoxy) is 1. The van der Waals surface area contributed by atoms with E-state index in [0.717, 1.165) is 27.2 Å². The highest BCUT2D eigenvalue weighted by molar-refractivity contribution is 6.42. The van der Waals surface area contributed by atoms with E-state index in [1.165, 1.54) is 0 Å². The lowest BCUT2D eigenvalue weighted by molar-refractivity contribution is -0.137. The van der Waals surface area contributed by atoms with Crippen LogP contribution in [0.5, 0.6) is 0 Å². The summed E-state index contributed by atoms with van der Waals surface area (Å²) in [4.78, 5) is 38.0. The normalized spacial score (nSPS) is 12.9. The molecule has 0 saturated heterocycles. The summed E-state index contributed by atoms with van der Waals surface area (Å²) in [5.41, 5.74) is 10.4. The van der Waals surface area contributed by atoms with Crippen molar-refractivity contribution in [3.05, 3.63) is 93.5 Å². The minimum atomic E-state index is -1.19. The molecule has 9 heteroatoms. The Morgan fingerprint density at radius 3 is 2.11 bits per heavy atom. The van der Waals surface area contributed by atoms with Crippen LogP contribution in [0, 0.1) is 0 Å². The number of benzene rings is 3. The van der Waals surface area contributed by atoms with Crippen LogP contribution in [-0.2, 0) is 20.9 Å². The molecule has 0 unspecified atom stereocenters. The molecule has 1 aliphatic rings. The molecule has 1 atom stereocenters. The largest absolute Gasteiger partial charge is 0.481 e. The number of fused-ring (bicyclic) bond motifs is 3. The number of carbonyl (C=O) groups is 3. The second-order valence-corrected chi connectivity index (χ2v) is 9.35. The molecule has 36 heavy (non-hydrogen) atoms. The number of hydrogen-bond acceptors (Lipinski definition) is 4. The van der Waals surface area contributed by atoms with Crippen molar-refractivity contribution in [1.82, 2.24) is 4.90 Å². The number of rotatable bonds is 9. The third kappa shape index (κ3) is 5.48. The monoisotopic (exact) mass is 526 g/mol. The Labute approximate surface area is 218 Å². The average molecular weight is 527 g/mol. The summed E-state index contributed by atoms with van der Waals surface area (Å²) in [5.74, 6) is -2.12. The Morgan fingerprint density at radius 2 is 1.56 bits per heavy atom. The Bertz CT molecular complexity index is 1270. The number of carbonyl (C=O) groups excluding carboxylic acids is 2. The first-order chi connectivity index (χ1) is 17.3. The molecule has 0 radical (unpaired) electrons. The molecule has 7 nitrogen and oxygen atoms in total. The molecule has 2 amide bonds.